The maximum Gasteiger partial charge on any atom is 0.311 e. The molecular formula is C17H18ClNO4. The Hall–Kier alpha value is -2.27. The second kappa shape index (κ2) is 7.33. The van der Waals surface area contributed by atoms with Crippen LogP contribution in [0.2, 0.25) is 5.02 Å². The highest BCUT2D eigenvalue weighted by Crippen LogP contribution is 2.26. The Morgan fingerprint density at radius 2 is 1.87 bits per heavy atom. The number of aromatic nitrogens is 1. The fourth-order valence-corrected chi connectivity index (χ4v) is 2.44. The monoisotopic (exact) mass is 335 g/mol. The van der Waals surface area contributed by atoms with Crippen molar-refractivity contribution in [3.63, 3.8) is 0 Å². The van der Waals surface area contributed by atoms with Gasteiger partial charge in [0.2, 0.25) is 5.78 Å². The number of methoxy groups -OCH3 is 1. The van der Waals surface area contributed by atoms with E-state index in [-0.39, 0.29) is 18.2 Å². The van der Waals surface area contributed by atoms with Crippen molar-refractivity contribution in [3.05, 3.63) is 52.3 Å². The average molecular weight is 336 g/mol. The molecule has 0 saturated carbocycles. The Balaban J connectivity index is 2.37. The lowest BCUT2D eigenvalue weighted by Gasteiger charge is -2.08. The lowest BCUT2D eigenvalue weighted by Crippen LogP contribution is -2.14. The fraction of sp³-hybridized carbons (Fsp3) is 0.294. The first-order valence-corrected chi connectivity index (χ1v) is 7.54. The molecular weight excluding hydrogens is 318 g/mol. The molecule has 0 radical (unpaired) electrons. The summed E-state index contributed by atoms with van der Waals surface area (Å²) >= 11 is 5.85. The van der Waals surface area contributed by atoms with E-state index in [1.807, 2.05) is 0 Å². The molecule has 0 fully saturated rings. The van der Waals surface area contributed by atoms with E-state index in [1.165, 1.54) is 7.11 Å². The van der Waals surface area contributed by atoms with Crippen molar-refractivity contribution in [2.24, 2.45) is 7.05 Å². The molecule has 0 aliphatic rings. The van der Waals surface area contributed by atoms with Gasteiger partial charge in [-0.25, -0.2) is 0 Å². The van der Waals surface area contributed by atoms with Gasteiger partial charge in [-0.1, -0.05) is 11.6 Å². The standard InChI is InChI=1S/C17H18ClNO4/c1-4-23-15(20)10-13-9-14(22-3)16(19(13)2)17(21)11-5-7-12(18)8-6-11/h5-9H,4,10H2,1-3H3. The second-order valence-corrected chi connectivity index (χ2v) is 5.37. The summed E-state index contributed by atoms with van der Waals surface area (Å²) in [4.78, 5) is 24.4. The van der Waals surface area contributed by atoms with Gasteiger partial charge >= 0.3 is 5.97 Å². The highest BCUT2D eigenvalue weighted by Gasteiger charge is 2.22. The maximum absolute atomic E-state index is 12.7. The largest absolute Gasteiger partial charge is 0.494 e. The molecule has 0 N–H and O–H groups in total. The number of halogens is 1. The van der Waals surface area contributed by atoms with Crippen molar-refractivity contribution in [3.8, 4) is 5.75 Å². The van der Waals surface area contributed by atoms with E-state index >= 15 is 0 Å². The van der Waals surface area contributed by atoms with Gasteiger partial charge in [-0.2, -0.15) is 0 Å². The van der Waals surface area contributed by atoms with Gasteiger partial charge in [0.15, 0.2) is 0 Å². The minimum Gasteiger partial charge on any atom is -0.494 e. The van der Waals surface area contributed by atoms with Crippen molar-refractivity contribution in [1.82, 2.24) is 4.57 Å². The van der Waals surface area contributed by atoms with Crippen LogP contribution in [-0.4, -0.2) is 30.0 Å². The van der Waals surface area contributed by atoms with Gasteiger partial charge in [-0.15, -0.1) is 0 Å². The van der Waals surface area contributed by atoms with Gasteiger partial charge in [-0.05, 0) is 31.2 Å². The molecule has 122 valence electrons. The molecule has 2 rings (SSSR count). The van der Waals surface area contributed by atoms with Crippen LogP contribution >= 0.6 is 11.6 Å². The first kappa shape index (κ1) is 17.1. The molecule has 0 aliphatic heterocycles. The third-order valence-electron chi connectivity index (χ3n) is 3.47. The number of carbonyl (C=O) groups is 2. The van der Waals surface area contributed by atoms with Crippen LogP contribution in [0.15, 0.2) is 30.3 Å². The zero-order valence-corrected chi connectivity index (χ0v) is 14.0. The molecule has 0 unspecified atom stereocenters. The summed E-state index contributed by atoms with van der Waals surface area (Å²) in [7, 11) is 3.21. The van der Waals surface area contributed by atoms with E-state index in [0.29, 0.717) is 34.3 Å². The molecule has 1 heterocycles. The topological polar surface area (TPSA) is 57.5 Å². The molecule has 0 aliphatic carbocycles. The van der Waals surface area contributed by atoms with E-state index in [1.54, 1.807) is 48.9 Å². The highest BCUT2D eigenvalue weighted by molar-refractivity contribution is 6.30. The van der Waals surface area contributed by atoms with Gasteiger partial charge in [0.25, 0.3) is 0 Å². The summed E-state index contributed by atoms with van der Waals surface area (Å²) in [5.41, 5.74) is 1.53. The summed E-state index contributed by atoms with van der Waals surface area (Å²) in [5.74, 6) is -0.121. The van der Waals surface area contributed by atoms with Crippen molar-refractivity contribution >= 4 is 23.4 Å². The van der Waals surface area contributed by atoms with Crippen LogP contribution in [0, 0.1) is 0 Å². The van der Waals surface area contributed by atoms with Crippen LogP contribution in [0.4, 0.5) is 0 Å². The summed E-state index contributed by atoms with van der Waals surface area (Å²) in [5, 5.41) is 0.559. The van der Waals surface area contributed by atoms with E-state index in [4.69, 9.17) is 21.1 Å². The first-order valence-electron chi connectivity index (χ1n) is 7.16. The predicted octanol–water partition coefficient (Wildman–Crippen LogP) is 3.02. The molecule has 0 saturated heterocycles. The number of carbonyl (C=O) groups excluding carboxylic acids is 2. The predicted molar refractivity (Wildman–Crippen MR) is 87.2 cm³/mol. The Kier molecular flexibility index (Phi) is 5.45. The third-order valence-corrected chi connectivity index (χ3v) is 3.72. The van der Waals surface area contributed by atoms with Crippen molar-refractivity contribution in [2.45, 2.75) is 13.3 Å². The number of esters is 1. The first-order chi connectivity index (χ1) is 11.0. The second-order valence-electron chi connectivity index (χ2n) is 4.93. The van der Waals surface area contributed by atoms with Crippen molar-refractivity contribution in [2.75, 3.05) is 13.7 Å². The zero-order valence-electron chi connectivity index (χ0n) is 13.3. The van der Waals surface area contributed by atoms with Crippen LogP contribution in [0.5, 0.6) is 5.75 Å². The molecule has 23 heavy (non-hydrogen) atoms. The lowest BCUT2D eigenvalue weighted by molar-refractivity contribution is -0.142. The molecule has 0 bridgehead atoms. The Labute approximate surface area is 139 Å². The van der Waals surface area contributed by atoms with E-state index in [0.717, 1.165) is 0 Å². The average Bonchev–Trinajstić information content (AvgIpc) is 2.83. The van der Waals surface area contributed by atoms with Crippen LogP contribution in [-0.2, 0) is 23.0 Å². The molecule has 5 nitrogen and oxygen atoms in total. The summed E-state index contributed by atoms with van der Waals surface area (Å²) in [6.45, 7) is 2.07. The highest BCUT2D eigenvalue weighted by atomic mass is 35.5. The van der Waals surface area contributed by atoms with Gasteiger partial charge in [-0.3, -0.25) is 9.59 Å². The van der Waals surface area contributed by atoms with Crippen LogP contribution in [0.3, 0.4) is 0 Å². The van der Waals surface area contributed by atoms with Crippen molar-refractivity contribution < 1.29 is 19.1 Å². The number of nitrogens with zero attached hydrogens (tertiary/aromatic N) is 1. The normalized spacial score (nSPS) is 10.4. The lowest BCUT2D eigenvalue weighted by atomic mass is 10.1. The van der Waals surface area contributed by atoms with Crippen molar-refractivity contribution in [1.29, 1.82) is 0 Å². The van der Waals surface area contributed by atoms with E-state index in [2.05, 4.69) is 0 Å². The van der Waals surface area contributed by atoms with Crippen LogP contribution in [0.25, 0.3) is 0 Å². The summed E-state index contributed by atoms with van der Waals surface area (Å²) < 4.78 is 11.9. The SMILES string of the molecule is CCOC(=O)Cc1cc(OC)c(C(=O)c2ccc(Cl)cc2)n1C. The molecule has 1 aromatic carbocycles. The molecule has 6 heteroatoms. The summed E-state index contributed by atoms with van der Waals surface area (Å²) in [6, 6.07) is 8.30. The molecule has 0 spiro atoms. The van der Waals surface area contributed by atoms with Gasteiger partial charge in [0.05, 0.1) is 20.1 Å². The fourth-order valence-electron chi connectivity index (χ4n) is 2.31. The zero-order chi connectivity index (χ0) is 17.0. The van der Waals surface area contributed by atoms with E-state index < -0.39 is 0 Å². The van der Waals surface area contributed by atoms with E-state index in [9.17, 15) is 9.59 Å². The van der Waals surface area contributed by atoms with Gasteiger partial charge in [0, 0.05) is 29.4 Å². The van der Waals surface area contributed by atoms with Crippen LogP contribution in [0.1, 0.15) is 28.7 Å². The molecule has 1 aromatic heterocycles. The van der Waals surface area contributed by atoms with Crippen LogP contribution < -0.4 is 4.74 Å². The third kappa shape index (κ3) is 3.74. The number of ether oxygens (including phenoxy) is 2. The number of hydrogen-bond acceptors (Lipinski definition) is 4. The Morgan fingerprint density at radius 1 is 1.22 bits per heavy atom. The number of ketones is 1. The number of benzene rings is 1. The van der Waals surface area contributed by atoms with Gasteiger partial charge in [0.1, 0.15) is 11.4 Å². The van der Waals surface area contributed by atoms with Gasteiger partial charge < -0.3 is 14.0 Å². The number of hydrogen-bond donors (Lipinski definition) is 0. The maximum atomic E-state index is 12.7. The Morgan fingerprint density at radius 3 is 2.43 bits per heavy atom. The Bertz CT molecular complexity index is 719. The molecule has 0 amide bonds. The molecule has 2 aromatic rings. The minimum atomic E-state index is -0.346. The summed E-state index contributed by atoms with van der Waals surface area (Å²) in [6.07, 6.45) is 0.0780. The molecule has 0 atom stereocenters. The quantitative estimate of drug-likeness (QED) is 0.601. The minimum absolute atomic E-state index is 0.0780. The number of rotatable bonds is 6. The smallest absolute Gasteiger partial charge is 0.311 e.